The molecule has 0 aliphatic carbocycles. The summed E-state index contributed by atoms with van der Waals surface area (Å²) < 4.78 is 19.8. The molecule has 0 spiro atoms. The molecule has 3 aromatic carbocycles. The number of nitrogens with zero attached hydrogens (tertiary/aromatic N) is 1. The zero-order valence-corrected chi connectivity index (χ0v) is 17.4. The molecule has 0 bridgehead atoms. The van der Waals surface area contributed by atoms with E-state index in [1.807, 2.05) is 24.3 Å². The lowest BCUT2D eigenvalue weighted by atomic mass is 10.1. The summed E-state index contributed by atoms with van der Waals surface area (Å²) in [5.74, 6) is 0.136. The van der Waals surface area contributed by atoms with Crippen molar-refractivity contribution in [2.45, 2.75) is 6.42 Å². The maximum atomic E-state index is 13.1. The maximum absolute atomic E-state index is 13.1. The molecule has 7 heteroatoms. The SMILES string of the molecule is O=C(Nc1ccc(Oc2ccc(Br)cc2)cc1)[C@H]1CC(=O)N(c2ccc(F)cc2)C1. The summed E-state index contributed by atoms with van der Waals surface area (Å²) in [7, 11) is 0. The van der Waals surface area contributed by atoms with Gasteiger partial charge in [0.2, 0.25) is 11.8 Å². The highest BCUT2D eigenvalue weighted by Crippen LogP contribution is 2.27. The van der Waals surface area contributed by atoms with Gasteiger partial charge in [0.15, 0.2) is 0 Å². The summed E-state index contributed by atoms with van der Waals surface area (Å²) in [6.45, 7) is 0.265. The molecule has 1 N–H and O–H groups in total. The van der Waals surface area contributed by atoms with Crippen LogP contribution in [0.25, 0.3) is 0 Å². The Labute approximate surface area is 181 Å². The molecule has 3 aromatic rings. The molecule has 0 aromatic heterocycles. The van der Waals surface area contributed by atoms with E-state index < -0.39 is 5.92 Å². The Morgan fingerprint density at radius 1 is 0.967 bits per heavy atom. The van der Waals surface area contributed by atoms with E-state index in [1.165, 1.54) is 29.2 Å². The molecule has 1 atom stereocenters. The van der Waals surface area contributed by atoms with Gasteiger partial charge in [-0.05, 0) is 72.8 Å². The molecule has 2 amide bonds. The molecule has 5 nitrogen and oxygen atoms in total. The molecule has 0 saturated carbocycles. The Morgan fingerprint density at radius 2 is 1.57 bits per heavy atom. The van der Waals surface area contributed by atoms with Gasteiger partial charge < -0.3 is 15.0 Å². The second-order valence-electron chi connectivity index (χ2n) is 6.95. The van der Waals surface area contributed by atoms with Crippen LogP contribution in [-0.4, -0.2) is 18.4 Å². The van der Waals surface area contributed by atoms with Crippen molar-refractivity contribution >= 4 is 39.1 Å². The van der Waals surface area contributed by atoms with Crippen LogP contribution in [0.1, 0.15) is 6.42 Å². The molecule has 0 unspecified atom stereocenters. The topological polar surface area (TPSA) is 58.6 Å². The maximum Gasteiger partial charge on any atom is 0.229 e. The minimum atomic E-state index is -0.471. The van der Waals surface area contributed by atoms with Crippen molar-refractivity contribution in [3.05, 3.63) is 83.1 Å². The summed E-state index contributed by atoms with van der Waals surface area (Å²) in [5, 5.41) is 2.84. The van der Waals surface area contributed by atoms with Gasteiger partial charge in [-0.2, -0.15) is 0 Å². The number of halogens is 2. The monoisotopic (exact) mass is 468 g/mol. The highest BCUT2D eigenvalue weighted by Gasteiger charge is 2.35. The van der Waals surface area contributed by atoms with Crippen molar-refractivity contribution in [1.29, 1.82) is 0 Å². The lowest BCUT2D eigenvalue weighted by molar-refractivity contribution is -0.122. The Bertz CT molecular complexity index is 1050. The number of ether oxygens (including phenoxy) is 1. The van der Waals surface area contributed by atoms with Gasteiger partial charge in [-0.1, -0.05) is 15.9 Å². The van der Waals surface area contributed by atoms with Crippen LogP contribution in [-0.2, 0) is 9.59 Å². The third-order valence-electron chi connectivity index (χ3n) is 4.81. The van der Waals surface area contributed by atoms with Crippen molar-refractivity contribution in [2.24, 2.45) is 5.92 Å². The van der Waals surface area contributed by atoms with E-state index >= 15 is 0 Å². The number of carbonyl (C=O) groups excluding carboxylic acids is 2. The number of hydrogen-bond acceptors (Lipinski definition) is 3. The van der Waals surface area contributed by atoms with E-state index in [0.29, 0.717) is 22.9 Å². The summed E-state index contributed by atoms with van der Waals surface area (Å²) in [6.07, 6.45) is 0.119. The first kappa shape index (κ1) is 20.1. The van der Waals surface area contributed by atoms with Crippen molar-refractivity contribution in [2.75, 3.05) is 16.8 Å². The van der Waals surface area contributed by atoms with Crippen molar-refractivity contribution < 1.29 is 18.7 Å². The zero-order chi connectivity index (χ0) is 21.1. The molecular weight excluding hydrogens is 451 g/mol. The molecular formula is C23H18BrFN2O3. The van der Waals surface area contributed by atoms with E-state index in [0.717, 1.165) is 4.47 Å². The van der Waals surface area contributed by atoms with E-state index in [1.54, 1.807) is 24.3 Å². The standard InChI is InChI=1S/C23H18BrFN2O3/c24-16-1-9-20(10-2-16)30-21-11-5-18(6-12-21)26-23(29)15-13-22(28)27(14-15)19-7-3-17(25)4-8-19/h1-12,15H,13-14H2,(H,26,29)/t15-/m0/s1. The van der Waals surface area contributed by atoms with Gasteiger partial charge in [0.25, 0.3) is 0 Å². The van der Waals surface area contributed by atoms with Crippen LogP contribution in [0.5, 0.6) is 11.5 Å². The van der Waals surface area contributed by atoms with Crippen LogP contribution in [0.3, 0.4) is 0 Å². The first-order valence-electron chi connectivity index (χ1n) is 9.38. The van der Waals surface area contributed by atoms with Gasteiger partial charge in [0, 0.05) is 28.8 Å². The summed E-state index contributed by atoms with van der Waals surface area (Å²) in [6, 6.07) is 20.2. The number of nitrogens with one attached hydrogen (secondary N) is 1. The molecule has 1 fully saturated rings. The molecule has 1 aliphatic heterocycles. The quantitative estimate of drug-likeness (QED) is 0.547. The third-order valence-corrected chi connectivity index (χ3v) is 5.33. The highest BCUT2D eigenvalue weighted by molar-refractivity contribution is 9.10. The second-order valence-corrected chi connectivity index (χ2v) is 7.87. The van der Waals surface area contributed by atoms with Crippen molar-refractivity contribution in [1.82, 2.24) is 0 Å². The highest BCUT2D eigenvalue weighted by atomic mass is 79.9. The third kappa shape index (κ3) is 4.68. The normalized spacial score (nSPS) is 15.9. The van der Waals surface area contributed by atoms with Crippen LogP contribution in [0.15, 0.2) is 77.3 Å². The summed E-state index contributed by atoms with van der Waals surface area (Å²) >= 11 is 3.38. The summed E-state index contributed by atoms with van der Waals surface area (Å²) in [4.78, 5) is 26.4. The number of anilines is 2. The minimum absolute atomic E-state index is 0.119. The van der Waals surface area contributed by atoms with Crippen LogP contribution in [0.2, 0.25) is 0 Å². The average Bonchev–Trinajstić information content (AvgIpc) is 3.13. The molecule has 1 heterocycles. The van der Waals surface area contributed by atoms with Crippen LogP contribution in [0.4, 0.5) is 15.8 Å². The molecule has 0 radical (unpaired) electrons. The molecule has 1 aliphatic rings. The molecule has 4 rings (SSSR count). The van der Waals surface area contributed by atoms with Gasteiger partial charge in [-0.25, -0.2) is 4.39 Å². The smallest absolute Gasteiger partial charge is 0.229 e. The van der Waals surface area contributed by atoms with Crippen LogP contribution < -0.4 is 15.0 Å². The first-order valence-corrected chi connectivity index (χ1v) is 10.2. The van der Waals surface area contributed by atoms with Gasteiger partial charge in [-0.3, -0.25) is 9.59 Å². The Hall–Kier alpha value is -3.19. The van der Waals surface area contributed by atoms with Gasteiger partial charge >= 0.3 is 0 Å². The minimum Gasteiger partial charge on any atom is -0.457 e. The number of rotatable bonds is 5. The van der Waals surface area contributed by atoms with Gasteiger partial charge in [0.1, 0.15) is 17.3 Å². The predicted octanol–water partition coefficient (Wildman–Crippen LogP) is 5.37. The van der Waals surface area contributed by atoms with E-state index in [9.17, 15) is 14.0 Å². The predicted molar refractivity (Wildman–Crippen MR) is 116 cm³/mol. The fraction of sp³-hybridized carbons (Fsp3) is 0.130. The molecule has 30 heavy (non-hydrogen) atoms. The average molecular weight is 469 g/mol. The molecule has 152 valence electrons. The fourth-order valence-electron chi connectivity index (χ4n) is 3.24. The summed E-state index contributed by atoms with van der Waals surface area (Å²) in [5.41, 5.74) is 1.21. The Kier molecular flexibility index (Phi) is 5.81. The van der Waals surface area contributed by atoms with E-state index in [-0.39, 0.29) is 30.6 Å². The van der Waals surface area contributed by atoms with Crippen molar-refractivity contribution in [3.8, 4) is 11.5 Å². The van der Waals surface area contributed by atoms with Crippen molar-refractivity contribution in [3.63, 3.8) is 0 Å². The number of carbonyl (C=O) groups is 2. The van der Waals surface area contributed by atoms with Crippen LogP contribution in [0, 0.1) is 11.7 Å². The fourth-order valence-corrected chi connectivity index (χ4v) is 3.51. The first-order chi connectivity index (χ1) is 14.5. The Morgan fingerprint density at radius 3 is 2.20 bits per heavy atom. The second kappa shape index (κ2) is 8.67. The number of amides is 2. The number of hydrogen-bond donors (Lipinski definition) is 1. The van der Waals surface area contributed by atoms with Gasteiger partial charge in [0.05, 0.1) is 5.92 Å². The van der Waals surface area contributed by atoms with Gasteiger partial charge in [-0.15, -0.1) is 0 Å². The Balaban J connectivity index is 1.36. The van der Waals surface area contributed by atoms with E-state index in [4.69, 9.17) is 4.74 Å². The lowest BCUT2D eigenvalue weighted by Gasteiger charge is -2.16. The van der Waals surface area contributed by atoms with Crippen LogP contribution >= 0.6 is 15.9 Å². The largest absolute Gasteiger partial charge is 0.457 e. The number of benzene rings is 3. The molecule has 1 saturated heterocycles. The zero-order valence-electron chi connectivity index (χ0n) is 15.8. The van der Waals surface area contributed by atoms with E-state index in [2.05, 4.69) is 21.2 Å². The lowest BCUT2D eigenvalue weighted by Crippen LogP contribution is -2.28.